The molecular weight excluding hydrogens is 220 g/mol. The van der Waals surface area contributed by atoms with Crippen molar-refractivity contribution in [1.82, 2.24) is 10.2 Å². The van der Waals surface area contributed by atoms with Crippen molar-refractivity contribution in [3.63, 3.8) is 0 Å². The monoisotopic (exact) mass is 238 g/mol. The normalized spacial score (nSPS) is 18.4. The van der Waals surface area contributed by atoms with Crippen LogP contribution < -0.4 is 5.32 Å². The summed E-state index contributed by atoms with van der Waals surface area (Å²) in [6, 6.07) is -0.661. The van der Waals surface area contributed by atoms with E-state index in [0.29, 0.717) is 18.5 Å². The van der Waals surface area contributed by atoms with E-state index in [-0.39, 0.29) is 12.3 Å². The predicted octanol–water partition coefficient (Wildman–Crippen LogP) is 0.976. The molecule has 0 aromatic rings. The lowest BCUT2D eigenvalue weighted by Crippen LogP contribution is -2.51. The molecule has 0 aliphatic carbocycles. The van der Waals surface area contributed by atoms with E-state index >= 15 is 0 Å². The van der Waals surface area contributed by atoms with Gasteiger partial charge < -0.3 is 4.90 Å². The molecule has 94 valence electrons. The minimum absolute atomic E-state index is 0.227. The highest BCUT2D eigenvalue weighted by molar-refractivity contribution is 6.01. The van der Waals surface area contributed by atoms with Crippen LogP contribution >= 0.6 is 0 Å². The van der Waals surface area contributed by atoms with E-state index in [9.17, 15) is 14.4 Å². The second kappa shape index (κ2) is 7.38. The molecule has 1 rings (SSSR count). The van der Waals surface area contributed by atoms with Gasteiger partial charge in [-0.15, -0.1) is 0 Å². The SMILES string of the molecule is C=CC(=C)N(C=O)C1CCC(=O)NC1=O.CC. The first kappa shape index (κ1) is 15.1. The zero-order chi connectivity index (χ0) is 13.4. The lowest BCUT2D eigenvalue weighted by molar-refractivity contribution is -0.139. The molecule has 5 nitrogen and oxygen atoms in total. The van der Waals surface area contributed by atoms with Crippen LogP contribution in [0.1, 0.15) is 26.7 Å². The lowest BCUT2D eigenvalue weighted by atomic mass is 10.0. The molecule has 1 unspecified atom stereocenters. The zero-order valence-electron chi connectivity index (χ0n) is 10.2. The van der Waals surface area contributed by atoms with Crippen LogP contribution in [0.5, 0.6) is 0 Å². The Hall–Kier alpha value is -1.91. The number of nitrogens with one attached hydrogen (secondary N) is 1. The van der Waals surface area contributed by atoms with Crippen LogP contribution in [0.25, 0.3) is 0 Å². The fourth-order valence-electron chi connectivity index (χ4n) is 1.39. The van der Waals surface area contributed by atoms with E-state index in [0.717, 1.165) is 0 Å². The number of nitrogens with zero attached hydrogens (tertiary/aromatic N) is 1. The van der Waals surface area contributed by atoms with Crippen LogP contribution in [-0.2, 0) is 14.4 Å². The predicted molar refractivity (Wildman–Crippen MR) is 64.8 cm³/mol. The molecule has 0 bridgehead atoms. The van der Waals surface area contributed by atoms with Gasteiger partial charge in [-0.2, -0.15) is 0 Å². The van der Waals surface area contributed by atoms with Crippen molar-refractivity contribution in [2.24, 2.45) is 0 Å². The summed E-state index contributed by atoms with van der Waals surface area (Å²) in [6.07, 6.45) is 2.45. The van der Waals surface area contributed by atoms with Crippen molar-refractivity contribution >= 4 is 18.2 Å². The molecule has 1 heterocycles. The van der Waals surface area contributed by atoms with Crippen molar-refractivity contribution in [3.8, 4) is 0 Å². The number of carbonyl (C=O) groups excluding carboxylic acids is 3. The highest BCUT2D eigenvalue weighted by Crippen LogP contribution is 2.15. The van der Waals surface area contributed by atoms with Gasteiger partial charge >= 0.3 is 0 Å². The van der Waals surface area contributed by atoms with Gasteiger partial charge in [0.2, 0.25) is 18.2 Å². The summed E-state index contributed by atoms with van der Waals surface area (Å²) in [5, 5.41) is 2.17. The fourth-order valence-corrected chi connectivity index (χ4v) is 1.39. The van der Waals surface area contributed by atoms with Crippen LogP contribution in [0.2, 0.25) is 0 Å². The Labute approximate surface area is 101 Å². The van der Waals surface area contributed by atoms with E-state index in [4.69, 9.17) is 0 Å². The maximum Gasteiger partial charge on any atom is 0.249 e. The maximum atomic E-state index is 11.4. The van der Waals surface area contributed by atoms with Gasteiger partial charge in [0.1, 0.15) is 6.04 Å². The van der Waals surface area contributed by atoms with E-state index in [1.54, 1.807) is 0 Å². The molecule has 1 aliphatic rings. The molecule has 17 heavy (non-hydrogen) atoms. The van der Waals surface area contributed by atoms with E-state index in [1.807, 2.05) is 13.8 Å². The zero-order valence-corrected chi connectivity index (χ0v) is 10.2. The highest BCUT2D eigenvalue weighted by atomic mass is 16.2. The number of rotatable bonds is 4. The smallest absolute Gasteiger partial charge is 0.249 e. The maximum absolute atomic E-state index is 11.4. The first-order valence-corrected chi connectivity index (χ1v) is 5.48. The van der Waals surface area contributed by atoms with Gasteiger partial charge in [-0.05, 0) is 12.5 Å². The molecule has 0 saturated carbocycles. The first-order chi connectivity index (χ1) is 8.10. The largest absolute Gasteiger partial charge is 0.303 e. The summed E-state index contributed by atoms with van der Waals surface area (Å²) >= 11 is 0. The van der Waals surface area contributed by atoms with Crippen LogP contribution in [0.4, 0.5) is 0 Å². The number of hydrogen-bond donors (Lipinski definition) is 1. The van der Waals surface area contributed by atoms with Gasteiger partial charge in [0, 0.05) is 12.1 Å². The van der Waals surface area contributed by atoms with Gasteiger partial charge in [-0.3, -0.25) is 19.7 Å². The van der Waals surface area contributed by atoms with Crippen molar-refractivity contribution < 1.29 is 14.4 Å². The highest BCUT2D eigenvalue weighted by Gasteiger charge is 2.31. The Balaban J connectivity index is 0.00000121. The summed E-state index contributed by atoms with van der Waals surface area (Å²) in [6.45, 7) is 11.1. The van der Waals surface area contributed by atoms with Gasteiger partial charge in [0.05, 0.1) is 0 Å². The number of hydrogen-bond acceptors (Lipinski definition) is 3. The van der Waals surface area contributed by atoms with Gasteiger partial charge in [0.15, 0.2) is 0 Å². The van der Waals surface area contributed by atoms with Crippen molar-refractivity contribution in [2.45, 2.75) is 32.7 Å². The number of carbonyl (C=O) groups is 3. The number of piperidine rings is 1. The summed E-state index contributed by atoms with van der Waals surface area (Å²) < 4.78 is 0. The Morgan fingerprint density at radius 2 is 2.06 bits per heavy atom. The molecule has 0 aromatic heterocycles. The third kappa shape index (κ3) is 3.86. The van der Waals surface area contributed by atoms with Crippen LogP contribution in [0, 0.1) is 0 Å². The topological polar surface area (TPSA) is 66.5 Å². The molecule has 1 atom stereocenters. The van der Waals surface area contributed by atoms with Crippen LogP contribution in [0.15, 0.2) is 24.9 Å². The summed E-state index contributed by atoms with van der Waals surface area (Å²) in [4.78, 5) is 34.3. The molecule has 0 radical (unpaired) electrons. The van der Waals surface area contributed by atoms with E-state index < -0.39 is 11.9 Å². The van der Waals surface area contributed by atoms with Crippen molar-refractivity contribution in [3.05, 3.63) is 24.9 Å². The minimum Gasteiger partial charge on any atom is -0.303 e. The fraction of sp³-hybridized carbons (Fsp3) is 0.417. The Morgan fingerprint density at radius 3 is 2.47 bits per heavy atom. The summed E-state index contributed by atoms with van der Waals surface area (Å²) in [7, 11) is 0. The Bertz CT molecular complexity index is 337. The second-order valence-electron chi connectivity index (χ2n) is 3.18. The number of amides is 3. The van der Waals surface area contributed by atoms with Gasteiger partial charge in [-0.25, -0.2) is 0 Å². The van der Waals surface area contributed by atoms with Gasteiger partial charge in [0.25, 0.3) is 0 Å². The van der Waals surface area contributed by atoms with Crippen LogP contribution in [0.3, 0.4) is 0 Å². The lowest BCUT2D eigenvalue weighted by Gasteiger charge is -2.29. The van der Waals surface area contributed by atoms with Crippen molar-refractivity contribution in [1.29, 1.82) is 0 Å². The molecule has 1 aliphatic heterocycles. The van der Waals surface area contributed by atoms with Gasteiger partial charge in [-0.1, -0.05) is 27.0 Å². The average Bonchev–Trinajstić information content (AvgIpc) is 2.34. The number of allylic oxidation sites excluding steroid dienone is 1. The molecular formula is C12H18N2O3. The molecule has 1 saturated heterocycles. The van der Waals surface area contributed by atoms with E-state index in [1.165, 1.54) is 11.0 Å². The minimum atomic E-state index is -0.661. The third-order valence-corrected chi connectivity index (χ3v) is 2.23. The first-order valence-electron chi connectivity index (χ1n) is 5.48. The quantitative estimate of drug-likeness (QED) is 0.451. The van der Waals surface area contributed by atoms with E-state index in [2.05, 4.69) is 18.5 Å². The van der Waals surface area contributed by atoms with Crippen LogP contribution in [-0.4, -0.2) is 29.2 Å². The molecule has 1 N–H and O–H groups in total. The molecule has 5 heteroatoms. The average molecular weight is 238 g/mol. The Morgan fingerprint density at radius 1 is 1.47 bits per heavy atom. The van der Waals surface area contributed by atoms with Crippen molar-refractivity contribution in [2.75, 3.05) is 0 Å². The summed E-state index contributed by atoms with van der Waals surface area (Å²) in [5.74, 6) is -0.785. The standard InChI is InChI=1S/C10H12N2O3.C2H6/c1-3-7(2)12(6-13)8-4-5-9(14)11-10(8)15;1-2/h3,6,8H,1-2,4-5H2,(H,11,14,15);1-2H3. The third-order valence-electron chi connectivity index (χ3n) is 2.23. The second-order valence-corrected chi connectivity index (χ2v) is 3.18. The Kier molecular flexibility index (Phi) is 6.55. The summed E-state index contributed by atoms with van der Waals surface area (Å²) in [5.41, 5.74) is 0.347. The molecule has 3 amide bonds. The molecule has 1 fully saturated rings. The molecule has 0 spiro atoms. The number of imide groups is 1. The molecule has 0 aromatic carbocycles.